The van der Waals surface area contributed by atoms with E-state index in [1.807, 2.05) is 34.6 Å². The van der Waals surface area contributed by atoms with E-state index in [1.165, 1.54) is 0 Å². The molecule has 0 aliphatic rings. The second kappa shape index (κ2) is 6.22. The molecule has 0 spiro atoms. The molecule has 21 heavy (non-hydrogen) atoms. The molecule has 0 aromatic carbocycles. The SMILES string of the molecule is CC(C)(N)CC(C(=O)NC(C)(C)CS(=O)(=O)O)C(C)(C)C. The van der Waals surface area contributed by atoms with Crippen LogP contribution >= 0.6 is 0 Å². The Kier molecular flexibility index (Phi) is 6.02. The number of hydrogen-bond acceptors (Lipinski definition) is 4. The maximum absolute atomic E-state index is 12.5. The van der Waals surface area contributed by atoms with Crippen molar-refractivity contribution in [1.82, 2.24) is 5.32 Å². The monoisotopic (exact) mass is 322 g/mol. The van der Waals surface area contributed by atoms with Crippen LogP contribution < -0.4 is 11.1 Å². The van der Waals surface area contributed by atoms with Crippen LogP contribution in [0.4, 0.5) is 0 Å². The van der Waals surface area contributed by atoms with Crippen LogP contribution in [0.2, 0.25) is 0 Å². The zero-order valence-electron chi connectivity index (χ0n) is 14.1. The molecule has 0 radical (unpaired) electrons. The van der Waals surface area contributed by atoms with Crippen LogP contribution in [0.1, 0.15) is 54.9 Å². The fraction of sp³-hybridized carbons (Fsp3) is 0.929. The summed E-state index contributed by atoms with van der Waals surface area (Å²) in [6.07, 6.45) is 0.476. The summed E-state index contributed by atoms with van der Waals surface area (Å²) in [4.78, 5) is 12.5. The van der Waals surface area contributed by atoms with E-state index in [0.717, 1.165) is 0 Å². The van der Waals surface area contributed by atoms with Crippen LogP contribution in [-0.4, -0.2) is 35.7 Å². The van der Waals surface area contributed by atoms with E-state index >= 15 is 0 Å². The minimum atomic E-state index is -4.16. The van der Waals surface area contributed by atoms with E-state index in [1.54, 1.807) is 13.8 Å². The van der Waals surface area contributed by atoms with Gasteiger partial charge in [0.2, 0.25) is 5.91 Å². The van der Waals surface area contributed by atoms with E-state index < -0.39 is 26.9 Å². The molecule has 7 heteroatoms. The lowest BCUT2D eigenvalue weighted by Crippen LogP contribution is -2.53. The molecule has 0 heterocycles. The molecule has 1 atom stereocenters. The van der Waals surface area contributed by atoms with Crippen molar-refractivity contribution in [1.29, 1.82) is 0 Å². The fourth-order valence-corrected chi connectivity index (χ4v) is 3.22. The van der Waals surface area contributed by atoms with Gasteiger partial charge in [0.15, 0.2) is 0 Å². The van der Waals surface area contributed by atoms with Gasteiger partial charge in [0.1, 0.15) is 0 Å². The predicted octanol–water partition coefficient (Wildman–Crippen LogP) is 1.56. The maximum Gasteiger partial charge on any atom is 0.267 e. The number of hydrogen-bond donors (Lipinski definition) is 3. The molecular formula is C14H30N2O4S. The highest BCUT2D eigenvalue weighted by atomic mass is 32.2. The molecule has 0 aromatic heterocycles. The van der Waals surface area contributed by atoms with Crippen LogP contribution in [0.5, 0.6) is 0 Å². The van der Waals surface area contributed by atoms with Crippen molar-refractivity contribution in [2.24, 2.45) is 17.1 Å². The highest BCUT2D eigenvalue weighted by Crippen LogP contribution is 2.32. The topological polar surface area (TPSA) is 109 Å². The first-order chi connectivity index (χ1) is 8.93. The third-order valence-electron chi connectivity index (χ3n) is 3.10. The third-order valence-corrected chi connectivity index (χ3v) is 4.18. The smallest absolute Gasteiger partial charge is 0.267 e. The van der Waals surface area contributed by atoms with Crippen LogP contribution in [0.15, 0.2) is 0 Å². The van der Waals surface area contributed by atoms with Gasteiger partial charge in [-0.05, 0) is 39.5 Å². The molecule has 0 aliphatic heterocycles. The van der Waals surface area contributed by atoms with Crippen LogP contribution in [0.25, 0.3) is 0 Å². The summed E-state index contributed by atoms with van der Waals surface area (Å²) in [5.74, 6) is -1.15. The first kappa shape index (κ1) is 20.3. The lowest BCUT2D eigenvalue weighted by molar-refractivity contribution is -0.130. The molecule has 0 saturated carbocycles. The summed E-state index contributed by atoms with van der Waals surface area (Å²) >= 11 is 0. The average Bonchev–Trinajstić information content (AvgIpc) is 2.05. The highest BCUT2D eigenvalue weighted by Gasteiger charge is 2.37. The Morgan fingerprint density at radius 2 is 1.57 bits per heavy atom. The van der Waals surface area contributed by atoms with Gasteiger partial charge in [0.25, 0.3) is 10.1 Å². The van der Waals surface area contributed by atoms with Gasteiger partial charge in [0, 0.05) is 11.5 Å². The summed E-state index contributed by atoms with van der Waals surface area (Å²) in [5.41, 5.74) is 4.15. The first-order valence-corrected chi connectivity index (χ1v) is 8.60. The average molecular weight is 322 g/mol. The summed E-state index contributed by atoms with van der Waals surface area (Å²) in [5, 5.41) is 2.71. The zero-order chi connectivity index (χ0) is 17.3. The van der Waals surface area contributed by atoms with Crippen molar-refractivity contribution in [3.63, 3.8) is 0 Å². The van der Waals surface area contributed by atoms with Gasteiger partial charge in [-0.25, -0.2) is 0 Å². The molecule has 0 rings (SSSR count). The normalized spacial score (nSPS) is 15.7. The Morgan fingerprint density at radius 1 is 1.14 bits per heavy atom. The molecule has 1 unspecified atom stereocenters. The lowest BCUT2D eigenvalue weighted by atomic mass is 9.74. The number of nitrogens with one attached hydrogen (secondary N) is 1. The molecule has 0 aliphatic carbocycles. The van der Waals surface area contributed by atoms with E-state index in [2.05, 4.69) is 5.32 Å². The van der Waals surface area contributed by atoms with Crippen molar-refractivity contribution in [2.75, 3.05) is 5.75 Å². The minimum Gasteiger partial charge on any atom is -0.350 e. The Bertz CT molecular complexity index is 470. The van der Waals surface area contributed by atoms with Crippen LogP contribution in [0, 0.1) is 11.3 Å². The molecule has 6 nitrogen and oxygen atoms in total. The van der Waals surface area contributed by atoms with Crippen molar-refractivity contribution in [2.45, 2.75) is 66.0 Å². The Morgan fingerprint density at radius 3 is 1.86 bits per heavy atom. The Labute approximate surface area is 128 Å². The molecule has 0 bridgehead atoms. The number of carbonyl (C=O) groups is 1. The molecule has 0 fully saturated rings. The van der Waals surface area contributed by atoms with E-state index in [9.17, 15) is 13.2 Å². The maximum atomic E-state index is 12.5. The van der Waals surface area contributed by atoms with Crippen molar-refractivity contribution >= 4 is 16.0 Å². The molecule has 126 valence electrons. The minimum absolute atomic E-state index is 0.255. The Hall–Kier alpha value is -0.660. The number of nitrogens with two attached hydrogens (primary N) is 1. The van der Waals surface area contributed by atoms with Gasteiger partial charge in [-0.3, -0.25) is 9.35 Å². The van der Waals surface area contributed by atoms with Gasteiger partial charge in [-0.1, -0.05) is 20.8 Å². The van der Waals surface area contributed by atoms with Gasteiger partial charge in [-0.15, -0.1) is 0 Å². The van der Waals surface area contributed by atoms with Gasteiger partial charge >= 0.3 is 0 Å². The standard InChI is InChI=1S/C14H30N2O4S/c1-12(2,3)10(8-13(4,5)15)11(17)16-14(6,7)9-21(18,19)20/h10H,8-9,15H2,1-7H3,(H,16,17)(H,18,19,20). The van der Waals surface area contributed by atoms with Crippen molar-refractivity contribution in [3.05, 3.63) is 0 Å². The molecular weight excluding hydrogens is 292 g/mol. The number of carbonyl (C=O) groups excluding carboxylic acids is 1. The fourth-order valence-electron chi connectivity index (χ4n) is 2.23. The van der Waals surface area contributed by atoms with E-state index in [-0.39, 0.29) is 17.2 Å². The van der Waals surface area contributed by atoms with Crippen molar-refractivity contribution < 1.29 is 17.8 Å². The third kappa shape index (κ3) is 9.06. The number of amides is 1. The first-order valence-electron chi connectivity index (χ1n) is 6.99. The summed E-state index contributed by atoms with van der Waals surface area (Å²) in [7, 11) is -4.16. The highest BCUT2D eigenvalue weighted by molar-refractivity contribution is 7.85. The second-order valence-corrected chi connectivity index (χ2v) is 9.66. The predicted molar refractivity (Wildman–Crippen MR) is 84.5 cm³/mol. The number of rotatable bonds is 6. The second-order valence-electron chi connectivity index (χ2n) is 8.21. The zero-order valence-corrected chi connectivity index (χ0v) is 15.0. The quantitative estimate of drug-likeness (QED) is 0.643. The van der Waals surface area contributed by atoms with Crippen LogP contribution in [-0.2, 0) is 14.9 Å². The van der Waals surface area contributed by atoms with Gasteiger partial charge in [-0.2, -0.15) is 8.42 Å². The Balaban J connectivity index is 5.16. The van der Waals surface area contributed by atoms with Crippen molar-refractivity contribution in [3.8, 4) is 0 Å². The van der Waals surface area contributed by atoms with E-state index in [0.29, 0.717) is 6.42 Å². The van der Waals surface area contributed by atoms with Crippen LogP contribution in [0.3, 0.4) is 0 Å². The summed E-state index contributed by atoms with van der Waals surface area (Å²) in [6, 6.07) is 0. The molecule has 0 saturated heterocycles. The lowest BCUT2D eigenvalue weighted by Gasteiger charge is -2.37. The molecule has 0 aromatic rings. The largest absolute Gasteiger partial charge is 0.350 e. The van der Waals surface area contributed by atoms with E-state index in [4.69, 9.17) is 10.3 Å². The van der Waals surface area contributed by atoms with Gasteiger partial charge < -0.3 is 11.1 Å². The summed E-state index contributed by atoms with van der Waals surface area (Å²) < 4.78 is 31.0. The molecule has 4 N–H and O–H groups in total. The van der Waals surface area contributed by atoms with Gasteiger partial charge in [0.05, 0.1) is 11.3 Å². The summed E-state index contributed by atoms with van der Waals surface area (Å²) in [6.45, 7) is 12.7. The molecule has 1 amide bonds.